The molecule has 0 fully saturated rings. The van der Waals surface area contributed by atoms with E-state index in [-0.39, 0.29) is 17.3 Å². The molecule has 0 aromatic heterocycles. The monoisotopic (exact) mass is 381 g/mol. The Balaban J connectivity index is 2.64. The van der Waals surface area contributed by atoms with Gasteiger partial charge in [0.2, 0.25) is 15.9 Å². The molecular formula is C16H19N3O6S. The second kappa shape index (κ2) is 9.55. The Morgan fingerprint density at radius 3 is 2.38 bits per heavy atom. The summed E-state index contributed by atoms with van der Waals surface area (Å²) in [5, 5.41) is 4.80. The van der Waals surface area contributed by atoms with Gasteiger partial charge < -0.3 is 15.4 Å². The number of benzene rings is 1. The number of amides is 2. The molecule has 0 heterocycles. The van der Waals surface area contributed by atoms with Crippen LogP contribution in [0.25, 0.3) is 0 Å². The minimum absolute atomic E-state index is 0.00690. The molecule has 9 nitrogen and oxygen atoms in total. The van der Waals surface area contributed by atoms with Crippen molar-refractivity contribution in [3.05, 3.63) is 24.3 Å². The first-order valence-electron chi connectivity index (χ1n) is 7.42. The molecule has 140 valence electrons. The average molecular weight is 381 g/mol. The van der Waals surface area contributed by atoms with Crippen molar-refractivity contribution < 1.29 is 27.5 Å². The number of nitrogens with one attached hydrogen (secondary N) is 3. The molecular weight excluding hydrogens is 362 g/mol. The summed E-state index contributed by atoms with van der Waals surface area (Å²) in [7, 11) is -3.99. The normalized spacial score (nSPS) is 11.7. The maximum atomic E-state index is 12.3. The highest BCUT2D eigenvalue weighted by molar-refractivity contribution is 7.89. The second-order valence-electron chi connectivity index (χ2n) is 5.14. The van der Waals surface area contributed by atoms with Gasteiger partial charge in [0.15, 0.2) is 6.61 Å². The lowest BCUT2D eigenvalue weighted by Crippen LogP contribution is -2.40. The Kier molecular flexibility index (Phi) is 7.77. The molecule has 10 heteroatoms. The Morgan fingerprint density at radius 1 is 1.23 bits per heavy atom. The summed E-state index contributed by atoms with van der Waals surface area (Å²) in [6, 6.07) is 4.16. The topological polar surface area (TPSA) is 131 Å². The van der Waals surface area contributed by atoms with E-state index in [1.54, 1.807) is 0 Å². The largest absolute Gasteiger partial charge is 0.454 e. The van der Waals surface area contributed by atoms with Crippen molar-refractivity contribution in [2.24, 2.45) is 0 Å². The van der Waals surface area contributed by atoms with Crippen LogP contribution in [-0.2, 0) is 29.1 Å². The van der Waals surface area contributed by atoms with Crippen LogP contribution >= 0.6 is 0 Å². The number of carbonyl (C=O) groups is 3. The minimum Gasteiger partial charge on any atom is -0.454 e. The number of ether oxygens (including phenoxy) is 1. The molecule has 1 aromatic carbocycles. The van der Waals surface area contributed by atoms with E-state index in [0.29, 0.717) is 5.69 Å². The van der Waals surface area contributed by atoms with Crippen LogP contribution in [0.2, 0.25) is 0 Å². The summed E-state index contributed by atoms with van der Waals surface area (Å²) >= 11 is 0. The summed E-state index contributed by atoms with van der Waals surface area (Å²) in [5.74, 6) is 0.380. The summed E-state index contributed by atoms with van der Waals surface area (Å²) < 4.78 is 31.4. The quantitative estimate of drug-likeness (QED) is 0.415. The maximum absolute atomic E-state index is 12.3. The fraction of sp³-hybridized carbons (Fsp3) is 0.312. The van der Waals surface area contributed by atoms with Crippen molar-refractivity contribution in [2.75, 3.05) is 18.5 Å². The molecule has 0 aliphatic rings. The van der Waals surface area contributed by atoms with E-state index in [9.17, 15) is 22.8 Å². The van der Waals surface area contributed by atoms with Crippen molar-refractivity contribution in [3.63, 3.8) is 0 Å². The van der Waals surface area contributed by atoms with Crippen molar-refractivity contribution in [2.45, 2.75) is 24.8 Å². The van der Waals surface area contributed by atoms with Gasteiger partial charge in [0.05, 0.1) is 11.4 Å². The Labute approximate surface area is 151 Å². The molecule has 0 spiro atoms. The first kappa shape index (κ1) is 21.1. The molecule has 0 bridgehead atoms. The van der Waals surface area contributed by atoms with Crippen molar-refractivity contribution in [3.8, 4) is 12.3 Å². The Hall–Kier alpha value is -2.90. The zero-order valence-corrected chi connectivity index (χ0v) is 15.1. The van der Waals surface area contributed by atoms with Gasteiger partial charge in [-0.15, -0.1) is 6.42 Å². The molecule has 3 N–H and O–H groups in total. The lowest BCUT2D eigenvalue weighted by Gasteiger charge is -2.14. The average Bonchev–Trinajstić information content (AvgIpc) is 2.57. The number of anilines is 1. The first-order chi connectivity index (χ1) is 12.2. The number of rotatable bonds is 8. The van der Waals surface area contributed by atoms with Crippen LogP contribution in [0.4, 0.5) is 5.69 Å². The van der Waals surface area contributed by atoms with Crippen LogP contribution in [0.3, 0.4) is 0 Å². The Bertz CT molecular complexity index is 811. The molecule has 1 rings (SSSR count). The highest BCUT2D eigenvalue weighted by atomic mass is 32.2. The summed E-state index contributed by atoms with van der Waals surface area (Å²) in [6.07, 6.45) is 4.97. The van der Waals surface area contributed by atoms with E-state index >= 15 is 0 Å². The van der Waals surface area contributed by atoms with Crippen LogP contribution in [0.15, 0.2) is 29.2 Å². The summed E-state index contributed by atoms with van der Waals surface area (Å²) in [4.78, 5) is 33.9. The third kappa shape index (κ3) is 6.92. The highest BCUT2D eigenvalue weighted by Gasteiger charge is 2.23. The van der Waals surface area contributed by atoms with Gasteiger partial charge in [0.25, 0.3) is 5.91 Å². The van der Waals surface area contributed by atoms with E-state index in [1.165, 1.54) is 38.1 Å². The molecule has 26 heavy (non-hydrogen) atoms. The van der Waals surface area contributed by atoms with Crippen molar-refractivity contribution >= 4 is 33.5 Å². The SMILES string of the molecule is C#CCNC(=O)COC(=O)[C@H](C)NS(=O)(=O)c1ccc(NC(C)=O)cc1. The predicted octanol–water partition coefficient (Wildman–Crippen LogP) is -0.396. The number of sulfonamides is 1. The third-order valence-corrected chi connectivity index (χ3v) is 4.46. The van der Waals surface area contributed by atoms with Crippen LogP contribution in [0.5, 0.6) is 0 Å². The third-order valence-electron chi connectivity index (χ3n) is 2.90. The fourth-order valence-corrected chi connectivity index (χ4v) is 2.92. The van der Waals surface area contributed by atoms with Gasteiger partial charge in [0.1, 0.15) is 6.04 Å². The standard InChI is InChI=1S/C16H19N3O6S/c1-4-9-17-15(21)10-25-16(22)11(2)19-26(23,24)14-7-5-13(6-8-14)18-12(3)20/h1,5-8,11,19H,9-10H2,2-3H3,(H,17,21)(H,18,20)/t11-/m0/s1. The smallest absolute Gasteiger partial charge is 0.324 e. The van der Waals surface area contributed by atoms with Gasteiger partial charge in [-0.3, -0.25) is 14.4 Å². The van der Waals surface area contributed by atoms with Crippen molar-refractivity contribution in [1.29, 1.82) is 0 Å². The maximum Gasteiger partial charge on any atom is 0.324 e. The molecule has 1 aromatic rings. The lowest BCUT2D eigenvalue weighted by atomic mass is 10.3. The van der Waals surface area contributed by atoms with Gasteiger partial charge in [0, 0.05) is 12.6 Å². The first-order valence-corrected chi connectivity index (χ1v) is 8.91. The van der Waals surface area contributed by atoms with Crippen molar-refractivity contribution in [1.82, 2.24) is 10.0 Å². The highest BCUT2D eigenvalue weighted by Crippen LogP contribution is 2.14. The van der Waals surface area contributed by atoms with E-state index in [2.05, 4.69) is 21.3 Å². The molecule has 0 saturated heterocycles. The molecule has 0 aliphatic heterocycles. The fourth-order valence-electron chi connectivity index (χ4n) is 1.73. The number of hydrogen-bond acceptors (Lipinski definition) is 6. The van der Waals surface area contributed by atoms with Gasteiger partial charge >= 0.3 is 5.97 Å². The minimum atomic E-state index is -3.99. The van der Waals surface area contributed by atoms with Gasteiger partial charge in [-0.05, 0) is 31.2 Å². The second-order valence-corrected chi connectivity index (χ2v) is 6.85. The number of esters is 1. The number of hydrogen-bond donors (Lipinski definition) is 3. The van der Waals surface area contributed by atoms with Crippen LogP contribution in [0, 0.1) is 12.3 Å². The Morgan fingerprint density at radius 2 is 1.85 bits per heavy atom. The lowest BCUT2D eigenvalue weighted by molar-refractivity contribution is -0.149. The van der Waals surface area contributed by atoms with E-state index in [1.807, 2.05) is 0 Å². The molecule has 0 unspecified atom stereocenters. The van der Waals surface area contributed by atoms with E-state index in [4.69, 9.17) is 11.2 Å². The van der Waals surface area contributed by atoms with Crippen LogP contribution in [0.1, 0.15) is 13.8 Å². The van der Waals surface area contributed by atoms with Crippen LogP contribution < -0.4 is 15.4 Å². The molecule has 2 amide bonds. The number of carbonyl (C=O) groups excluding carboxylic acids is 3. The zero-order chi connectivity index (χ0) is 19.7. The molecule has 0 aliphatic carbocycles. The van der Waals surface area contributed by atoms with Crippen LogP contribution in [-0.4, -0.2) is 45.4 Å². The molecule has 0 saturated carbocycles. The van der Waals surface area contributed by atoms with Gasteiger partial charge in [-0.2, -0.15) is 4.72 Å². The van der Waals surface area contributed by atoms with Gasteiger partial charge in [-0.1, -0.05) is 5.92 Å². The molecule has 1 atom stereocenters. The number of terminal acetylenes is 1. The van der Waals surface area contributed by atoms with E-state index in [0.717, 1.165) is 0 Å². The van der Waals surface area contributed by atoms with E-state index < -0.39 is 34.5 Å². The zero-order valence-electron chi connectivity index (χ0n) is 14.2. The summed E-state index contributed by atoms with van der Waals surface area (Å²) in [5.41, 5.74) is 0.432. The summed E-state index contributed by atoms with van der Waals surface area (Å²) in [6.45, 7) is 2.03. The van der Waals surface area contributed by atoms with Gasteiger partial charge in [-0.25, -0.2) is 8.42 Å². The molecule has 0 radical (unpaired) electrons. The predicted molar refractivity (Wildman–Crippen MR) is 93.3 cm³/mol.